The van der Waals surface area contributed by atoms with E-state index < -0.39 is 0 Å². The molecule has 0 aromatic carbocycles. The van der Waals surface area contributed by atoms with Crippen molar-refractivity contribution in [3.63, 3.8) is 0 Å². The van der Waals surface area contributed by atoms with Crippen LogP contribution in [0, 0.1) is 5.92 Å². The van der Waals surface area contributed by atoms with Crippen molar-refractivity contribution in [3.05, 3.63) is 24.0 Å². The highest BCUT2D eigenvalue weighted by molar-refractivity contribution is 5.97. The maximum atomic E-state index is 11.7. The average Bonchev–Trinajstić information content (AvgIpc) is 2.16. The van der Waals surface area contributed by atoms with Gasteiger partial charge in [-0.25, -0.2) is 4.98 Å². The maximum Gasteiger partial charge on any atom is 0.272 e. The van der Waals surface area contributed by atoms with E-state index in [1.165, 1.54) is 0 Å². The molecule has 0 unspecified atom stereocenters. The van der Waals surface area contributed by atoms with E-state index >= 15 is 0 Å². The predicted molar refractivity (Wildman–Crippen MR) is 58.3 cm³/mol. The van der Waals surface area contributed by atoms with Gasteiger partial charge in [0.1, 0.15) is 0 Å². The van der Waals surface area contributed by atoms with Crippen molar-refractivity contribution in [2.45, 2.75) is 25.8 Å². The SMILES string of the molecule is CC1CC(NC(=O)c2ncccc2N)C1. The van der Waals surface area contributed by atoms with E-state index in [0.29, 0.717) is 17.4 Å². The normalized spacial score (nSPS) is 24.3. The zero-order chi connectivity index (χ0) is 10.8. The highest BCUT2D eigenvalue weighted by Crippen LogP contribution is 2.26. The fraction of sp³-hybridized carbons (Fsp3) is 0.455. The Balaban J connectivity index is 1.99. The first-order valence-corrected chi connectivity index (χ1v) is 5.18. The van der Waals surface area contributed by atoms with E-state index in [2.05, 4.69) is 17.2 Å². The molecule has 1 fully saturated rings. The van der Waals surface area contributed by atoms with Crippen LogP contribution in [0.5, 0.6) is 0 Å². The van der Waals surface area contributed by atoms with Crippen molar-refractivity contribution in [3.8, 4) is 0 Å². The molecule has 15 heavy (non-hydrogen) atoms. The molecule has 80 valence electrons. The number of nitrogens with one attached hydrogen (secondary N) is 1. The molecule has 0 bridgehead atoms. The number of aromatic nitrogens is 1. The van der Waals surface area contributed by atoms with E-state index in [-0.39, 0.29) is 5.91 Å². The number of nitrogens with zero attached hydrogens (tertiary/aromatic N) is 1. The number of anilines is 1. The van der Waals surface area contributed by atoms with Crippen LogP contribution in [-0.4, -0.2) is 16.9 Å². The maximum absolute atomic E-state index is 11.7. The summed E-state index contributed by atoms with van der Waals surface area (Å²) in [5, 5.41) is 2.92. The molecular weight excluding hydrogens is 190 g/mol. The fourth-order valence-electron chi connectivity index (χ4n) is 1.88. The summed E-state index contributed by atoms with van der Waals surface area (Å²) in [4.78, 5) is 15.7. The lowest BCUT2D eigenvalue weighted by Crippen LogP contribution is -2.43. The summed E-state index contributed by atoms with van der Waals surface area (Å²) >= 11 is 0. The van der Waals surface area contributed by atoms with Gasteiger partial charge < -0.3 is 11.1 Å². The summed E-state index contributed by atoms with van der Waals surface area (Å²) in [5.41, 5.74) is 6.42. The lowest BCUT2D eigenvalue weighted by molar-refractivity contribution is 0.0892. The first-order chi connectivity index (χ1) is 7.16. The molecular formula is C11H15N3O. The minimum atomic E-state index is -0.162. The van der Waals surface area contributed by atoms with Crippen LogP contribution in [0.4, 0.5) is 5.69 Å². The van der Waals surface area contributed by atoms with Crippen LogP contribution >= 0.6 is 0 Å². The van der Waals surface area contributed by atoms with Crippen molar-refractivity contribution in [1.29, 1.82) is 0 Å². The summed E-state index contributed by atoms with van der Waals surface area (Å²) in [6.07, 6.45) is 3.69. The monoisotopic (exact) mass is 205 g/mol. The number of carbonyl (C=O) groups excluding carboxylic acids is 1. The zero-order valence-electron chi connectivity index (χ0n) is 8.73. The number of nitrogen functional groups attached to an aromatic ring is 1. The Labute approximate surface area is 88.9 Å². The minimum absolute atomic E-state index is 0.162. The second-order valence-electron chi connectivity index (χ2n) is 4.19. The standard InChI is InChI=1S/C11H15N3O/c1-7-5-8(6-7)14-11(15)10-9(12)3-2-4-13-10/h2-4,7-8H,5-6,12H2,1H3,(H,14,15). The fourth-order valence-corrected chi connectivity index (χ4v) is 1.88. The van der Waals surface area contributed by atoms with Crippen LogP contribution in [-0.2, 0) is 0 Å². The summed E-state index contributed by atoms with van der Waals surface area (Å²) in [7, 11) is 0. The Morgan fingerprint density at radius 1 is 1.60 bits per heavy atom. The highest BCUT2D eigenvalue weighted by Gasteiger charge is 2.27. The number of hydrogen-bond donors (Lipinski definition) is 2. The lowest BCUT2D eigenvalue weighted by Gasteiger charge is -2.33. The number of hydrogen-bond acceptors (Lipinski definition) is 3. The number of pyridine rings is 1. The Hall–Kier alpha value is -1.58. The van der Waals surface area contributed by atoms with Gasteiger partial charge in [-0.1, -0.05) is 6.92 Å². The summed E-state index contributed by atoms with van der Waals surface area (Å²) < 4.78 is 0. The molecule has 3 N–H and O–H groups in total. The molecule has 4 heteroatoms. The Morgan fingerprint density at radius 2 is 2.33 bits per heavy atom. The van der Waals surface area contributed by atoms with Gasteiger partial charge >= 0.3 is 0 Å². The third-order valence-electron chi connectivity index (χ3n) is 2.76. The quantitative estimate of drug-likeness (QED) is 0.762. The van der Waals surface area contributed by atoms with E-state index in [9.17, 15) is 4.79 Å². The topological polar surface area (TPSA) is 68.0 Å². The zero-order valence-corrected chi connectivity index (χ0v) is 8.73. The van der Waals surface area contributed by atoms with Crippen LogP contribution in [0.15, 0.2) is 18.3 Å². The molecule has 1 amide bonds. The number of amides is 1. The molecule has 0 atom stereocenters. The molecule has 1 aromatic rings. The van der Waals surface area contributed by atoms with E-state index in [1.807, 2.05) is 0 Å². The van der Waals surface area contributed by atoms with Crippen molar-refractivity contribution < 1.29 is 4.79 Å². The second-order valence-corrected chi connectivity index (χ2v) is 4.19. The number of carbonyl (C=O) groups is 1. The van der Waals surface area contributed by atoms with Gasteiger partial charge in [0.2, 0.25) is 0 Å². The van der Waals surface area contributed by atoms with E-state index in [1.54, 1.807) is 18.3 Å². The molecule has 2 rings (SSSR count). The van der Waals surface area contributed by atoms with E-state index in [0.717, 1.165) is 18.8 Å². The molecule has 1 aliphatic rings. The van der Waals surface area contributed by atoms with Crippen LogP contribution in [0.3, 0.4) is 0 Å². The molecule has 1 aliphatic carbocycles. The van der Waals surface area contributed by atoms with E-state index in [4.69, 9.17) is 5.73 Å². The van der Waals surface area contributed by atoms with Crippen molar-refractivity contribution in [2.75, 3.05) is 5.73 Å². The Morgan fingerprint density at radius 3 is 2.93 bits per heavy atom. The van der Waals surface area contributed by atoms with Gasteiger partial charge in [-0.3, -0.25) is 4.79 Å². The first kappa shape index (κ1) is 9.96. The average molecular weight is 205 g/mol. The first-order valence-electron chi connectivity index (χ1n) is 5.18. The van der Waals surface area contributed by atoms with Crippen LogP contribution in [0.1, 0.15) is 30.3 Å². The minimum Gasteiger partial charge on any atom is -0.397 e. The summed E-state index contributed by atoms with van der Waals surface area (Å²) in [6, 6.07) is 3.71. The predicted octanol–water partition coefficient (Wildman–Crippen LogP) is 1.19. The molecule has 1 aromatic heterocycles. The summed E-state index contributed by atoms with van der Waals surface area (Å²) in [5.74, 6) is 0.557. The number of rotatable bonds is 2. The molecule has 0 spiro atoms. The van der Waals surface area contributed by atoms with Crippen LogP contribution in [0.2, 0.25) is 0 Å². The third kappa shape index (κ3) is 2.09. The molecule has 4 nitrogen and oxygen atoms in total. The van der Waals surface area contributed by atoms with Crippen molar-refractivity contribution in [1.82, 2.24) is 10.3 Å². The molecule has 1 saturated carbocycles. The molecule has 1 heterocycles. The van der Waals surface area contributed by atoms with Gasteiger partial charge in [-0.15, -0.1) is 0 Å². The number of nitrogens with two attached hydrogens (primary N) is 1. The highest BCUT2D eigenvalue weighted by atomic mass is 16.2. The smallest absolute Gasteiger partial charge is 0.272 e. The van der Waals surface area contributed by atoms with Gasteiger partial charge in [0.25, 0.3) is 5.91 Å². The van der Waals surface area contributed by atoms with Crippen molar-refractivity contribution >= 4 is 11.6 Å². The lowest BCUT2D eigenvalue weighted by atomic mass is 9.82. The van der Waals surface area contributed by atoms with Gasteiger partial charge in [-0.2, -0.15) is 0 Å². The molecule has 0 radical (unpaired) electrons. The van der Waals surface area contributed by atoms with Gasteiger partial charge in [0.15, 0.2) is 5.69 Å². The van der Waals surface area contributed by atoms with Crippen LogP contribution < -0.4 is 11.1 Å². The van der Waals surface area contributed by atoms with Gasteiger partial charge in [0.05, 0.1) is 5.69 Å². The van der Waals surface area contributed by atoms with Crippen LogP contribution in [0.25, 0.3) is 0 Å². The molecule has 0 saturated heterocycles. The third-order valence-corrected chi connectivity index (χ3v) is 2.76. The summed E-state index contributed by atoms with van der Waals surface area (Å²) in [6.45, 7) is 2.18. The van der Waals surface area contributed by atoms with Crippen molar-refractivity contribution in [2.24, 2.45) is 5.92 Å². The molecule has 0 aliphatic heterocycles. The van der Waals surface area contributed by atoms with Gasteiger partial charge in [0, 0.05) is 12.2 Å². The Kier molecular flexibility index (Phi) is 2.58. The van der Waals surface area contributed by atoms with Gasteiger partial charge in [-0.05, 0) is 30.9 Å². The second kappa shape index (κ2) is 3.88. The Bertz CT molecular complexity index is 372. The largest absolute Gasteiger partial charge is 0.397 e.